The van der Waals surface area contributed by atoms with Gasteiger partial charge >= 0.3 is 0 Å². The topological polar surface area (TPSA) is 0 Å². The Balaban J connectivity index is 0.000000113. The van der Waals surface area contributed by atoms with Gasteiger partial charge in [0.25, 0.3) is 0 Å². The molecule has 418 valence electrons. The van der Waals surface area contributed by atoms with Crippen LogP contribution in [0.5, 0.6) is 0 Å². The monoisotopic (exact) mass is 995 g/mol. The Bertz CT molecular complexity index is 1480. The molecule has 5 atom stereocenters. The van der Waals surface area contributed by atoms with Gasteiger partial charge in [-0.05, 0) is 302 Å². The number of fused-ring (bicyclic) bond motifs is 12. The SMILES string of the molecule is CC1C2CCC(CC2)[C@H]1C.CC1CCC2(CCCCC2)CC1.CCC1(C)CCCC1.CCC12CC3CC(CC(C3)C1)C2.C[C@@H]1C2CCC(CC2)C1(C)C.C[C@H]1CC2CCC1(C)CC2.C[C@H]1CC2CCC1CC2. The molecule has 0 radical (unpaired) electrons. The first-order valence-electron chi connectivity index (χ1n) is 34.3. The normalized spacial score (nSPS) is 45.8. The van der Waals surface area contributed by atoms with Gasteiger partial charge in [0, 0.05) is 0 Å². The first-order chi connectivity index (χ1) is 34.3. The predicted molar refractivity (Wildman–Crippen MR) is 316 cm³/mol. The van der Waals surface area contributed by atoms with E-state index in [-0.39, 0.29) is 0 Å². The summed E-state index contributed by atoms with van der Waals surface area (Å²) in [6.07, 6.45) is 59.7. The average Bonchev–Trinajstić information content (AvgIpc) is 3.84. The van der Waals surface area contributed by atoms with Gasteiger partial charge in [-0.25, -0.2) is 0 Å². The van der Waals surface area contributed by atoms with Crippen LogP contribution in [0.4, 0.5) is 0 Å². The molecule has 0 heteroatoms. The largest absolute Gasteiger partial charge is 0.0649 e. The van der Waals surface area contributed by atoms with Crippen LogP contribution in [-0.2, 0) is 0 Å². The van der Waals surface area contributed by atoms with Crippen LogP contribution < -0.4 is 0 Å². The fourth-order valence-electron chi connectivity index (χ4n) is 21.4. The molecular formula is C72H130. The Labute approximate surface area is 453 Å². The van der Waals surface area contributed by atoms with Gasteiger partial charge in [-0.15, -0.1) is 0 Å². The molecule has 19 rings (SSSR count). The molecule has 0 aliphatic heterocycles. The van der Waals surface area contributed by atoms with E-state index in [2.05, 4.69) is 83.1 Å². The summed E-state index contributed by atoms with van der Waals surface area (Å²) in [6.45, 7) is 29.3. The Morgan fingerprint density at radius 2 is 0.833 bits per heavy atom. The standard InChI is InChI=1S/C12H20.C12H22.C11H20.2C10H18.C9H16.C8H16/c1-2-12-6-9-3-10(7-12)5-11(4-9)8-12;1-11-5-9-12(10-6-11)7-3-2-4-8-12;1-8-9-4-6-10(7-5-9)11(8,2)3;1-8-7-9-3-5-10(8,2)6-4-9;1-7-8(2)10-5-3-9(7)4-6-10;1-7-6-8-2-4-9(7)5-3-8;1-3-8(2)6-4-5-7-8/h9-11H,2-8H2,1H3;11H,2-10H2,1H3;8-10H,4-7H2,1-3H3;8-9H,3-7H2,1-2H3;7-10H,3-6H2,1-2H3;7-9H,2-6H2,1H3;3-7H2,1-2H3/t;;2*8-,9?,10?;7-,8?,9?,10?;7-,8?,9?;/m..1000./s1. The first-order valence-corrected chi connectivity index (χ1v) is 34.3. The lowest BCUT2D eigenvalue weighted by Gasteiger charge is -2.56. The summed E-state index contributed by atoms with van der Waals surface area (Å²) in [5.74, 6) is 17.3. The van der Waals surface area contributed by atoms with Crippen molar-refractivity contribution < 1.29 is 0 Å². The van der Waals surface area contributed by atoms with Crippen LogP contribution in [-0.4, -0.2) is 0 Å². The molecule has 19 aliphatic rings. The highest BCUT2D eigenvalue weighted by Gasteiger charge is 2.50. The van der Waals surface area contributed by atoms with Crippen molar-refractivity contribution in [2.45, 2.75) is 333 Å². The lowest BCUT2D eigenvalue weighted by molar-refractivity contribution is -0.0545. The van der Waals surface area contributed by atoms with E-state index in [1.807, 2.05) is 0 Å². The first kappa shape index (κ1) is 58.2. The van der Waals surface area contributed by atoms with Crippen molar-refractivity contribution in [3.8, 4) is 0 Å². The minimum atomic E-state index is 0.654. The Morgan fingerprint density at radius 3 is 1.15 bits per heavy atom. The van der Waals surface area contributed by atoms with E-state index in [0.717, 1.165) is 116 Å². The van der Waals surface area contributed by atoms with Gasteiger partial charge in [-0.2, -0.15) is 0 Å². The quantitative estimate of drug-likeness (QED) is 0.259. The van der Waals surface area contributed by atoms with Crippen molar-refractivity contribution in [2.24, 2.45) is 122 Å². The molecule has 1 spiro atoms. The summed E-state index contributed by atoms with van der Waals surface area (Å²) in [4.78, 5) is 0. The molecule has 0 saturated heterocycles. The van der Waals surface area contributed by atoms with Crippen molar-refractivity contribution >= 4 is 0 Å². The molecule has 0 heterocycles. The minimum Gasteiger partial charge on any atom is -0.0649 e. The molecule has 1 unspecified atom stereocenters. The smallest absolute Gasteiger partial charge is 0.0292 e. The average molecular weight is 996 g/mol. The Morgan fingerprint density at radius 1 is 0.375 bits per heavy atom. The second-order valence-electron chi connectivity index (χ2n) is 32.7. The third-order valence-corrected chi connectivity index (χ3v) is 28.2. The zero-order chi connectivity index (χ0) is 51.3. The van der Waals surface area contributed by atoms with Crippen molar-refractivity contribution in [3.63, 3.8) is 0 Å². The molecule has 19 fully saturated rings. The maximum absolute atomic E-state index is 2.49. The van der Waals surface area contributed by atoms with Crippen LogP contribution in [0.25, 0.3) is 0 Å². The van der Waals surface area contributed by atoms with Crippen molar-refractivity contribution in [3.05, 3.63) is 0 Å². The summed E-state index contributed by atoms with van der Waals surface area (Å²) in [7, 11) is 0. The number of hydrogen-bond acceptors (Lipinski definition) is 0. The zero-order valence-corrected chi connectivity index (χ0v) is 51.3. The summed E-state index contributed by atoms with van der Waals surface area (Å²) >= 11 is 0. The van der Waals surface area contributed by atoms with Gasteiger partial charge < -0.3 is 0 Å². The Kier molecular flexibility index (Phi) is 20.5. The lowest BCUT2D eigenvalue weighted by atomic mass is 9.49. The fourth-order valence-corrected chi connectivity index (χ4v) is 21.4. The maximum Gasteiger partial charge on any atom is -0.0292 e. The van der Waals surface area contributed by atoms with E-state index < -0.39 is 0 Å². The lowest BCUT2D eigenvalue weighted by Crippen LogP contribution is -2.45. The second kappa shape index (κ2) is 25.4. The highest BCUT2D eigenvalue weighted by Crippen LogP contribution is 2.61. The Hall–Kier alpha value is 0. The molecule has 19 saturated carbocycles. The van der Waals surface area contributed by atoms with Crippen LogP contribution in [0, 0.1) is 122 Å². The molecule has 0 aromatic rings. The van der Waals surface area contributed by atoms with E-state index in [1.54, 1.807) is 96.3 Å². The summed E-state index contributed by atoms with van der Waals surface area (Å²) in [5, 5.41) is 0. The van der Waals surface area contributed by atoms with E-state index >= 15 is 0 Å². The van der Waals surface area contributed by atoms with E-state index in [9.17, 15) is 0 Å². The van der Waals surface area contributed by atoms with Crippen LogP contribution in [0.15, 0.2) is 0 Å². The van der Waals surface area contributed by atoms with Gasteiger partial charge in [-0.1, -0.05) is 154 Å². The molecule has 0 N–H and O–H groups in total. The van der Waals surface area contributed by atoms with Crippen molar-refractivity contribution in [1.82, 2.24) is 0 Å². The van der Waals surface area contributed by atoms with Crippen molar-refractivity contribution in [2.75, 3.05) is 0 Å². The molecule has 0 aromatic heterocycles. The second-order valence-corrected chi connectivity index (χ2v) is 32.7. The maximum atomic E-state index is 2.49. The fraction of sp³-hybridized carbons (Fsp3) is 1.00. The zero-order valence-electron chi connectivity index (χ0n) is 51.3. The number of rotatable bonds is 2. The van der Waals surface area contributed by atoms with E-state index in [4.69, 9.17) is 0 Å². The predicted octanol–water partition coefficient (Wildman–Crippen LogP) is 23.3. The molecular weight excluding hydrogens is 865 g/mol. The van der Waals surface area contributed by atoms with Gasteiger partial charge in [-0.3, -0.25) is 0 Å². The third-order valence-electron chi connectivity index (χ3n) is 28.2. The highest BCUT2D eigenvalue weighted by atomic mass is 14.6. The van der Waals surface area contributed by atoms with Crippen LogP contribution in [0.1, 0.15) is 333 Å². The van der Waals surface area contributed by atoms with Crippen LogP contribution in [0.2, 0.25) is 0 Å². The third kappa shape index (κ3) is 14.4. The van der Waals surface area contributed by atoms with E-state index in [0.29, 0.717) is 5.41 Å². The van der Waals surface area contributed by atoms with Gasteiger partial charge in [0.2, 0.25) is 0 Å². The molecule has 0 amide bonds. The minimum absolute atomic E-state index is 0.654. The van der Waals surface area contributed by atoms with Crippen LogP contribution in [0.3, 0.4) is 0 Å². The number of hydrogen-bond donors (Lipinski definition) is 0. The molecule has 19 aliphatic carbocycles. The molecule has 0 aromatic carbocycles. The van der Waals surface area contributed by atoms with Gasteiger partial charge in [0.05, 0.1) is 0 Å². The summed E-state index contributed by atoms with van der Waals surface area (Å²) in [6, 6.07) is 0. The highest BCUT2D eigenvalue weighted by molar-refractivity contribution is 5.01. The summed E-state index contributed by atoms with van der Waals surface area (Å²) < 4.78 is 0. The molecule has 12 bridgehead atoms. The summed E-state index contributed by atoms with van der Waals surface area (Å²) in [5.41, 5.74) is 3.81. The van der Waals surface area contributed by atoms with E-state index in [1.165, 1.54) is 154 Å². The van der Waals surface area contributed by atoms with Gasteiger partial charge in [0.15, 0.2) is 0 Å². The van der Waals surface area contributed by atoms with Crippen molar-refractivity contribution in [1.29, 1.82) is 0 Å². The van der Waals surface area contributed by atoms with Crippen LogP contribution >= 0.6 is 0 Å². The van der Waals surface area contributed by atoms with Gasteiger partial charge in [0.1, 0.15) is 0 Å². The molecule has 72 heavy (non-hydrogen) atoms. The molecule has 0 nitrogen and oxygen atoms in total.